The molecule has 88 valence electrons. The van der Waals surface area contributed by atoms with Gasteiger partial charge in [0, 0.05) is 15.8 Å². The van der Waals surface area contributed by atoms with Crippen molar-refractivity contribution in [3.05, 3.63) is 63.0 Å². The second-order valence-electron chi connectivity index (χ2n) is 3.94. The van der Waals surface area contributed by atoms with E-state index in [0.717, 1.165) is 11.3 Å². The molecule has 0 amide bonds. The van der Waals surface area contributed by atoms with Crippen LogP contribution in [0.1, 0.15) is 11.1 Å². The highest BCUT2D eigenvalue weighted by atomic mass is 127. The number of halogens is 2. The summed E-state index contributed by atoms with van der Waals surface area (Å²) in [5.74, 6) is -0.208. The maximum absolute atomic E-state index is 13.1. The lowest BCUT2D eigenvalue weighted by atomic mass is 10.1. The van der Waals surface area contributed by atoms with Crippen molar-refractivity contribution in [1.29, 1.82) is 0 Å². The number of anilines is 1. The Bertz CT molecular complexity index is 508. The lowest BCUT2D eigenvalue weighted by Crippen LogP contribution is -2.01. The van der Waals surface area contributed by atoms with Crippen molar-refractivity contribution in [2.45, 2.75) is 13.5 Å². The molecule has 2 aromatic carbocycles. The van der Waals surface area contributed by atoms with Crippen LogP contribution in [0.3, 0.4) is 0 Å². The van der Waals surface area contributed by atoms with E-state index < -0.39 is 0 Å². The number of hydrogen-bond acceptors (Lipinski definition) is 1. The van der Waals surface area contributed by atoms with Crippen molar-refractivity contribution in [2.24, 2.45) is 0 Å². The maximum atomic E-state index is 13.1. The number of nitrogens with one attached hydrogen (secondary N) is 1. The van der Waals surface area contributed by atoms with E-state index in [-0.39, 0.29) is 5.82 Å². The van der Waals surface area contributed by atoms with Gasteiger partial charge in [0.2, 0.25) is 0 Å². The van der Waals surface area contributed by atoms with Crippen molar-refractivity contribution in [3.63, 3.8) is 0 Å². The van der Waals surface area contributed by atoms with Crippen LogP contribution in [0, 0.1) is 16.3 Å². The van der Waals surface area contributed by atoms with Crippen molar-refractivity contribution in [1.82, 2.24) is 0 Å². The monoisotopic (exact) mass is 341 g/mol. The zero-order valence-corrected chi connectivity index (χ0v) is 11.7. The summed E-state index contributed by atoms with van der Waals surface area (Å²) in [6, 6.07) is 13.1. The van der Waals surface area contributed by atoms with E-state index in [4.69, 9.17) is 0 Å². The summed E-state index contributed by atoms with van der Waals surface area (Å²) in [6.07, 6.45) is 0. The average Bonchev–Trinajstić information content (AvgIpc) is 2.32. The molecule has 0 aliphatic carbocycles. The first-order valence-electron chi connectivity index (χ1n) is 5.39. The summed E-state index contributed by atoms with van der Waals surface area (Å²) in [4.78, 5) is 0. The van der Waals surface area contributed by atoms with Gasteiger partial charge in [-0.25, -0.2) is 4.39 Å². The molecule has 1 N–H and O–H groups in total. The molecule has 0 saturated heterocycles. The fourth-order valence-electron chi connectivity index (χ4n) is 1.58. The minimum absolute atomic E-state index is 0.208. The summed E-state index contributed by atoms with van der Waals surface area (Å²) in [7, 11) is 0. The van der Waals surface area contributed by atoms with E-state index in [1.807, 2.05) is 6.92 Å². The molecule has 0 aliphatic heterocycles. The first kappa shape index (κ1) is 12.4. The highest BCUT2D eigenvalue weighted by Crippen LogP contribution is 2.17. The molecule has 0 spiro atoms. The highest BCUT2D eigenvalue weighted by Gasteiger charge is 2.00. The molecular weight excluding hydrogens is 328 g/mol. The van der Waals surface area contributed by atoms with Gasteiger partial charge in [-0.3, -0.25) is 0 Å². The van der Waals surface area contributed by atoms with Gasteiger partial charge in [0.25, 0.3) is 0 Å². The lowest BCUT2D eigenvalue weighted by molar-refractivity contribution is 0.628. The third kappa shape index (κ3) is 3.43. The molecule has 0 aromatic heterocycles. The van der Waals surface area contributed by atoms with Gasteiger partial charge in [-0.1, -0.05) is 18.2 Å². The molecule has 2 rings (SSSR count). The predicted octanol–water partition coefficient (Wildman–Crippen LogP) is 4.35. The van der Waals surface area contributed by atoms with Crippen LogP contribution in [0.2, 0.25) is 0 Å². The van der Waals surface area contributed by atoms with Gasteiger partial charge < -0.3 is 5.32 Å². The van der Waals surface area contributed by atoms with Crippen molar-refractivity contribution < 1.29 is 4.39 Å². The SMILES string of the molecule is Cc1ccc(F)cc1NCc1ccc(I)cc1. The molecule has 0 bridgehead atoms. The van der Waals surface area contributed by atoms with E-state index in [0.29, 0.717) is 6.54 Å². The number of hydrogen-bond donors (Lipinski definition) is 1. The molecule has 0 atom stereocenters. The summed E-state index contributed by atoms with van der Waals surface area (Å²) in [5.41, 5.74) is 3.09. The van der Waals surface area contributed by atoms with E-state index in [1.165, 1.54) is 21.3 Å². The van der Waals surface area contributed by atoms with Crippen LogP contribution in [-0.4, -0.2) is 0 Å². The third-order valence-electron chi connectivity index (χ3n) is 2.60. The molecule has 17 heavy (non-hydrogen) atoms. The Morgan fingerprint density at radius 1 is 1.12 bits per heavy atom. The first-order chi connectivity index (χ1) is 8.15. The summed E-state index contributed by atoms with van der Waals surface area (Å²) in [6.45, 7) is 2.68. The van der Waals surface area contributed by atoms with Crippen LogP contribution in [-0.2, 0) is 6.54 Å². The smallest absolute Gasteiger partial charge is 0.125 e. The van der Waals surface area contributed by atoms with Crippen LogP contribution in [0.5, 0.6) is 0 Å². The summed E-state index contributed by atoms with van der Waals surface area (Å²) >= 11 is 2.28. The lowest BCUT2D eigenvalue weighted by Gasteiger charge is -2.09. The maximum Gasteiger partial charge on any atom is 0.125 e. The molecule has 2 aromatic rings. The quantitative estimate of drug-likeness (QED) is 0.819. The predicted molar refractivity (Wildman–Crippen MR) is 77.6 cm³/mol. The van der Waals surface area contributed by atoms with Gasteiger partial charge in [0.05, 0.1) is 0 Å². The molecule has 0 fully saturated rings. The highest BCUT2D eigenvalue weighted by molar-refractivity contribution is 14.1. The fraction of sp³-hybridized carbons (Fsp3) is 0.143. The van der Waals surface area contributed by atoms with Crippen LogP contribution >= 0.6 is 22.6 Å². The number of rotatable bonds is 3. The molecule has 0 heterocycles. The van der Waals surface area contributed by atoms with Crippen molar-refractivity contribution in [3.8, 4) is 0 Å². The van der Waals surface area contributed by atoms with Gasteiger partial charge in [-0.2, -0.15) is 0 Å². The average molecular weight is 341 g/mol. The van der Waals surface area contributed by atoms with E-state index in [2.05, 4.69) is 52.2 Å². The third-order valence-corrected chi connectivity index (χ3v) is 3.32. The van der Waals surface area contributed by atoms with E-state index in [1.54, 1.807) is 6.07 Å². The van der Waals surface area contributed by atoms with E-state index in [9.17, 15) is 4.39 Å². The Morgan fingerprint density at radius 3 is 2.53 bits per heavy atom. The second kappa shape index (κ2) is 5.49. The van der Waals surface area contributed by atoms with Crippen LogP contribution in [0.25, 0.3) is 0 Å². The molecule has 3 heteroatoms. The van der Waals surface area contributed by atoms with Gasteiger partial charge in [-0.05, 0) is 64.9 Å². The fourth-order valence-corrected chi connectivity index (χ4v) is 1.94. The molecule has 0 unspecified atom stereocenters. The zero-order valence-electron chi connectivity index (χ0n) is 9.50. The Labute approximate surface area is 114 Å². The molecule has 0 radical (unpaired) electrons. The van der Waals surface area contributed by atoms with Crippen molar-refractivity contribution >= 4 is 28.3 Å². The molecule has 0 aliphatic rings. The second-order valence-corrected chi connectivity index (χ2v) is 5.18. The standard InChI is InChI=1S/C14H13FIN/c1-10-2-5-12(15)8-14(10)17-9-11-3-6-13(16)7-4-11/h2-8,17H,9H2,1H3. The summed E-state index contributed by atoms with van der Waals surface area (Å²) < 4.78 is 14.3. The van der Waals surface area contributed by atoms with Crippen LogP contribution in [0.4, 0.5) is 10.1 Å². The first-order valence-corrected chi connectivity index (χ1v) is 6.47. The topological polar surface area (TPSA) is 12.0 Å². The van der Waals surface area contributed by atoms with E-state index >= 15 is 0 Å². The van der Waals surface area contributed by atoms with Crippen LogP contribution in [0.15, 0.2) is 42.5 Å². The number of aryl methyl sites for hydroxylation is 1. The van der Waals surface area contributed by atoms with Gasteiger partial charge in [0.1, 0.15) is 5.82 Å². The minimum Gasteiger partial charge on any atom is -0.381 e. The zero-order chi connectivity index (χ0) is 12.3. The Hall–Kier alpha value is -1.10. The van der Waals surface area contributed by atoms with Gasteiger partial charge >= 0.3 is 0 Å². The normalized spacial score (nSPS) is 10.3. The largest absolute Gasteiger partial charge is 0.381 e. The van der Waals surface area contributed by atoms with Crippen LogP contribution < -0.4 is 5.32 Å². The Kier molecular flexibility index (Phi) is 3.99. The molecular formula is C14H13FIN. The Balaban J connectivity index is 2.07. The Morgan fingerprint density at radius 2 is 1.82 bits per heavy atom. The molecule has 0 saturated carbocycles. The minimum atomic E-state index is -0.208. The van der Waals surface area contributed by atoms with Crippen molar-refractivity contribution in [2.75, 3.05) is 5.32 Å². The summed E-state index contributed by atoms with van der Waals surface area (Å²) in [5, 5.41) is 3.25. The molecule has 1 nitrogen and oxygen atoms in total. The van der Waals surface area contributed by atoms with Gasteiger partial charge in [0.15, 0.2) is 0 Å². The number of benzene rings is 2. The van der Waals surface area contributed by atoms with Gasteiger partial charge in [-0.15, -0.1) is 0 Å².